The van der Waals surface area contributed by atoms with E-state index in [0.717, 1.165) is 43.9 Å². The molecule has 3 N–H and O–H groups in total. The average Bonchev–Trinajstić information content (AvgIpc) is 2.98. The molecule has 1 saturated heterocycles. The first kappa shape index (κ1) is 16.6. The van der Waals surface area contributed by atoms with Crippen molar-refractivity contribution in [3.05, 3.63) is 47.1 Å². The zero-order valence-electron chi connectivity index (χ0n) is 13.9. The third-order valence-corrected chi connectivity index (χ3v) is 4.25. The van der Waals surface area contributed by atoms with Gasteiger partial charge in [0.05, 0.1) is 6.54 Å². The molecule has 24 heavy (non-hydrogen) atoms. The lowest BCUT2D eigenvalue weighted by molar-refractivity contribution is 0.1000. The van der Waals surface area contributed by atoms with Crippen molar-refractivity contribution in [3.8, 4) is 0 Å². The van der Waals surface area contributed by atoms with Crippen LogP contribution in [-0.2, 0) is 13.1 Å². The van der Waals surface area contributed by atoms with Crippen molar-refractivity contribution in [2.45, 2.75) is 38.9 Å². The van der Waals surface area contributed by atoms with Gasteiger partial charge >= 0.3 is 0 Å². The molecule has 1 aromatic heterocycles. The maximum Gasteiger partial charge on any atom is 0.248 e. The van der Waals surface area contributed by atoms with Crippen LogP contribution in [0.2, 0.25) is 0 Å². The fourth-order valence-corrected chi connectivity index (χ4v) is 3.07. The molecule has 1 amide bonds. The van der Waals surface area contributed by atoms with E-state index in [9.17, 15) is 4.79 Å². The number of aryl methyl sites for hydroxylation is 1. The second-order valence-electron chi connectivity index (χ2n) is 6.25. The lowest BCUT2D eigenvalue weighted by Crippen LogP contribution is -2.45. The van der Waals surface area contributed by atoms with Gasteiger partial charge in [0.15, 0.2) is 5.82 Å². The standard InChI is InChI=1S/C17H23N5O2/c1-12-20-16(21-24-12)11-22-7-3-6-15(10-22)19-9-13-4-2-5-14(8-13)17(18)23/h2,4-5,8,15,19H,3,6-7,9-11H2,1H3,(H2,18,23)/t15-/m0/s1. The Morgan fingerprint density at radius 2 is 2.38 bits per heavy atom. The van der Waals surface area contributed by atoms with E-state index >= 15 is 0 Å². The molecule has 0 bridgehead atoms. The topological polar surface area (TPSA) is 97.3 Å². The Hall–Kier alpha value is -2.25. The summed E-state index contributed by atoms with van der Waals surface area (Å²) in [6.45, 7) is 5.23. The minimum absolute atomic E-state index is 0.393. The first-order chi connectivity index (χ1) is 11.6. The molecule has 2 heterocycles. The monoisotopic (exact) mass is 329 g/mol. The molecule has 3 rings (SSSR count). The van der Waals surface area contributed by atoms with Crippen LogP contribution in [0.3, 0.4) is 0 Å². The van der Waals surface area contributed by atoms with Crippen LogP contribution in [-0.4, -0.2) is 40.1 Å². The van der Waals surface area contributed by atoms with E-state index in [1.54, 1.807) is 13.0 Å². The van der Waals surface area contributed by atoms with Crippen molar-refractivity contribution in [1.82, 2.24) is 20.4 Å². The van der Waals surface area contributed by atoms with Crippen LogP contribution in [0.1, 0.15) is 40.5 Å². The number of likely N-dealkylation sites (tertiary alicyclic amines) is 1. The second-order valence-corrected chi connectivity index (χ2v) is 6.25. The number of nitrogens with two attached hydrogens (primary N) is 1. The minimum atomic E-state index is -0.393. The van der Waals surface area contributed by atoms with Gasteiger partial charge < -0.3 is 15.6 Å². The molecule has 1 aliphatic heterocycles. The van der Waals surface area contributed by atoms with Crippen molar-refractivity contribution in [2.24, 2.45) is 5.73 Å². The van der Waals surface area contributed by atoms with E-state index in [4.69, 9.17) is 10.3 Å². The van der Waals surface area contributed by atoms with Gasteiger partial charge in [0.1, 0.15) is 0 Å². The number of nitrogens with zero attached hydrogens (tertiary/aromatic N) is 3. The van der Waals surface area contributed by atoms with Gasteiger partial charge in [-0.1, -0.05) is 17.3 Å². The summed E-state index contributed by atoms with van der Waals surface area (Å²) in [4.78, 5) is 17.9. The summed E-state index contributed by atoms with van der Waals surface area (Å²) in [5.74, 6) is 0.949. The van der Waals surface area contributed by atoms with Gasteiger partial charge in [-0.3, -0.25) is 9.69 Å². The molecule has 2 aromatic rings. The fourth-order valence-electron chi connectivity index (χ4n) is 3.07. The molecule has 1 atom stereocenters. The van der Waals surface area contributed by atoms with Crippen LogP contribution in [0.15, 0.2) is 28.8 Å². The lowest BCUT2D eigenvalue weighted by Gasteiger charge is -2.32. The molecule has 128 valence electrons. The number of aromatic nitrogens is 2. The molecule has 7 nitrogen and oxygen atoms in total. The summed E-state index contributed by atoms with van der Waals surface area (Å²) < 4.78 is 5.03. The number of nitrogens with one attached hydrogen (secondary N) is 1. The van der Waals surface area contributed by atoms with Gasteiger partial charge in [-0.2, -0.15) is 4.98 Å². The number of hydrogen-bond acceptors (Lipinski definition) is 6. The Morgan fingerprint density at radius 3 is 3.12 bits per heavy atom. The summed E-state index contributed by atoms with van der Waals surface area (Å²) in [7, 11) is 0. The molecule has 0 aliphatic carbocycles. The number of hydrogen-bond donors (Lipinski definition) is 2. The number of benzene rings is 1. The molecule has 0 unspecified atom stereocenters. The number of carbonyl (C=O) groups is 1. The Kier molecular flexibility index (Phi) is 5.22. The zero-order valence-corrected chi connectivity index (χ0v) is 13.9. The van der Waals surface area contributed by atoms with Gasteiger partial charge in [-0.25, -0.2) is 0 Å². The first-order valence-electron chi connectivity index (χ1n) is 8.24. The molecule has 1 fully saturated rings. The van der Waals surface area contributed by atoms with Crippen molar-refractivity contribution in [1.29, 1.82) is 0 Å². The highest BCUT2D eigenvalue weighted by Crippen LogP contribution is 2.14. The molecule has 7 heteroatoms. The normalized spacial score (nSPS) is 18.6. The first-order valence-corrected chi connectivity index (χ1v) is 8.24. The smallest absolute Gasteiger partial charge is 0.248 e. The highest BCUT2D eigenvalue weighted by atomic mass is 16.5. The van der Waals surface area contributed by atoms with Gasteiger partial charge in [0.25, 0.3) is 0 Å². The number of primary amides is 1. The van der Waals surface area contributed by atoms with Gasteiger partial charge in [-0.05, 0) is 37.1 Å². The SMILES string of the molecule is Cc1nc(CN2CCC[C@H](NCc3cccc(C(N)=O)c3)C2)no1. The average molecular weight is 329 g/mol. The molecule has 1 aromatic carbocycles. The van der Waals surface area contributed by atoms with E-state index in [0.29, 0.717) is 24.0 Å². The Morgan fingerprint density at radius 1 is 1.50 bits per heavy atom. The molecular formula is C17H23N5O2. The van der Waals surface area contributed by atoms with E-state index in [1.807, 2.05) is 18.2 Å². The Balaban J connectivity index is 1.52. The van der Waals surface area contributed by atoms with Crippen LogP contribution in [0.25, 0.3) is 0 Å². The van der Waals surface area contributed by atoms with E-state index in [1.165, 1.54) is 0 Å². The van der Waals surface area contributed by atoms with Crippen LogP contribution < -0.4 is 11.1 Å². The highest BCUT2D eigenvalue weighted by molar-refractivity contribution is 5.92. The second kappa shape index (κ2) is 7.55. The number of piperidine rings is 1. The fraction of sp³-hybridized carbons (Fsp3) is 0.471. The van der Waals surface area contributed by atoms with Gasteiger partial charge in [-0.15, -0.1) is 0 Å². The van der Waals surface area contributed by atoms with E-state index in [-0.39, 0.29) is 0 Å². The third-order valence-electron chi connectivity index (χ3n) is 4.25. The third kappa shape index (κ3) is 4.39. The number of rotatable bonds is 6. The number of amides is 1. The van der Waals surface area contributed by atoms with Crippen LogP contribution in [0, 0.1) is 6.92 Å². The molecular weight excluding hydrogens is 306 g/mol. The van der Waals surface area contributed by atoms with E-state index in [2.05, 4.69) is 20.4 Å². The Bertz CT molecular complexity index is 700. The summed E-state index contributed by atoms with van der Waals surface area (Å²) in [6, 6.07) is 7.85. The molecule has 0 spiro atoms. The summed E-state index contributed by atoms with van der Waals surface area (Å²) in [5, 5.41) is 7.53. The predicted molar refractivity (Wildman–Crippen MR) is 89.1 cm³/mol. The van der Waals surface area contributed by atoms with Crippen molar-refractivity contribution in [3.63, 3.8) is 0 Å². The minimum Gasteiger partial charge on any atom is -0.366 e. The summed E-state index contributed by atoms with van der Waals surface area (Å²) >= 11 is 0. The maximum atomic E-state index is 11.3. The summed E-state index contributed by atoms with van der Waals surface area (Å²) in [5.41, 5.74) is 6.94. The van der Waals surface area contributed by atoms with Gasteiger partial charge in [0.2, 0.25) is 11.8 Å². The van der Waals surface area contributed by atoms with Crippen LogP contribution in [0.4, 0.5) is 0 Å². The zero-order chi connectivity index (χ0) is 16.9. The quantitative estimate of drug-likeness (QED) is 0.827. The Labute approximate surface area is 141 Å². The van der Waals surface area contributed by atoms with E-state index < -0.39 is 5.91 Å². The highest BCUT2D eigenvalue weighted by Gasteiger charge is 2.21. The van der Waals surface area contributed by atoms with Crippen molar-refractivity contribution in [2.75, 3.05) is 13.1 Å². The maximum absolute atomic E-state index is 11.3. The lowest BCUT2D eigenvalue weighted by atomic mass is 10.0. The molecule has 0 radical (unpaired) electrons. The molecule has 1 aliphatic rings. The number of carbonyl (C=O) groups excluding carboxylic acids is 1. The predicted octanol–water partition coefficient (Wildman–Crippen LogP) is 1.23. The largest absolute Gasteiger partial charge is 0.366 e. The van der Waals surface area contributed by atoms with Gasteiger partial charge in [0, 0.05) is 31.6 Å². The van der Waals surface area contributed by atoms with Crippen molar-refractivity contribution >= 4 is 5.91 Å². The van der Waals surface area contributed by atoms with Crippen molar-refractivity contribution < 1.29 is 9.32 Å². The van der Waals surface area contributed by atoms with Crippen LogP contribution >= 0.6 is 0 Å². The molecule has 0 saturated carbocycles. The van der Waals surface area contributed by atoms with Crippen LogP contribution in [0.5, 0.6) is 0 Å². The summed E-state index contributed by atoms with van der Waals surface area (Å²) in [6.07, 6.45) is 2.27.